The summed E-state index contributed by atoms with van der Waals surface area (Å²) in [5, 5.41) is 0.0719. The van der Waals surface area contributed by atoms with Crippen molar-refractivity contribution in [2.24, 2.45) is 0 Å². The van der Waals surface area contributed by atoms with Gasteiger partial charge in [-0.25, -0.2) is 0 Å². The van der Waals surface area contributed by atoms with Crippen molar-refractivity contribution in [3.05, 3.63) is 57.5 Å². The van der Waals surface area contributed by atoms with Crippen molar-refractivity contribution in [3.8, 4) is 17.2 Å². The molecule has 144 valence electrons. The van der Waals surface area contributed by atoms with Crippen LogP contribution in [0.25, 0.3) is 6.08 Å². The first-order chi connectivity index (χ1) is 13.5. The van der Waals surface area contributed by atoms with Crippen LogP contribution in [0.2, 0.25) is 5.02 Å². The van der Waals surface area contributed by atoms with Gasteiger partial charge in [0.25, 0.3) is 11.1 Å². The molecule has 0 unspecified atom stereocenters. The van der Waals surface area contributed by atoms with Crippen LogP contribution in [-0.4, -0.2) is 29.4 Å². The minimum atomic E-state index is -0.356. The first kappa shape index (κ1) is 18.7. The molecule has 6 nitrogen and oxygen atoms in total. The molecule has 0 bridgehead atoms. The second kappa shape index (κ2) is 7.77. The number of amides is 2. The summed E-state index contributed by atoms with van der Waals surface area (Å²) >= 11 is 7.18. The topological polar surface area (TPSA) is 65.1 Å². The summed E-state index contributed by atoms with van der Waals surface area (Å²) in [5.74, 6) is 1.46. The van der Waals surface area contributed by atoms with Crippen molar-refractivity contribution >= 4 is 40.6 Å². The second-order valence-electron chi connectivity index (χ2n) is 6.07. The van der Waals surface area contributed by atoms with Gasteiger partial charge in [-0.05, 0) is 54.1 Å². The van der Waals surface area contributed by atoms with Crippen LogP contribution < -0.4 is 14.2 Å². The van der Waals surface area contributed by atoms with Gasteiger partial charge in [0.2, 0.25) is 6.79 Å². The van der Waals surface area contributed by atoms with Crippen LogP contribution in [-0.2, 0) is 11.3 Å². The number of benzene rings is 2. The Morgan fingerprint density at radius 3 is 2.79 bits per heavy atom. The van der Waals surface area contributed by atoms with Gasteiger partial charge >= 0.3 is 0 Å². The molecule has 0 saturated carbocycles. The van der Waals surface area contributed by atoms with E-state index in [1.54, 1.807) is 18.2 Å². The van der Waals surface area contributed by atoms with E-state index in [0.29, 0.717) is 39.3 Å². The lowest BCUT2D eigenvalue weighted by molar-refractivity contribution is -0.123. The summed E-state index contributed by atoms with van der Waals surface area (Å²) in [6.45, 7) is 2.65. The normalized spacial score (nSPS) is 16.9. The number of ether oxygens (including phenoxy) is 3. The molecular formula is C20H16ClNO5S. The second-order valence-corrected chi connectivity index (χ2v) is 7.47. The fraction of sp³-hybridized carbons (Fsp3) is 0.200. The largest absolute Gasteiger partial charge is 0.494 e. The minimum absolute atomic E-state index is 0.0659. The van der Waals surface area contributed by atoms with Crippen LogP contribution in [0.4, 0.5) is 4.79 Å². The lowest BCUT2D eigenvalue weighted by Gasteiger charge is -2.14. The number of rotatable bonds is 5. The van der Waals surface area contributed by atoms with E-state index in [4.69, 9.17) is 25.8 Å². The van der Waals surface area contributed by atoms with Crippen molar-refractivity contribution in [3.63, 3.8) is 0 Å². The predicted octanol–water partition coefficient (Wildman–Crippen LogP) is 4.70. The van der Waals surface area contributed by atoms with E-state index in [1.165, 1.54) is 4.90 Å². The van der Waals surface area contributed by atoms with Crippen LogP contribution in [0.3, 0.4) is 0 Å². The van der Waals surface area contributed by atoms with Gasteiger partial charge in [0, 0.05) is 11.1 Å². The van der Waals surface area contributed by atoms with Gasteiger partial charge in [0.1, 0.15) is 5.75 Å². The molecule has 1 fully saturated rings. The Morgan fingerprint density at radius 2 is 2.00 bits per heavy atom. The van der Waals surface area contributed by atoms with E-state index in [0.717, 1.165) is 17.3 Å². The molecule has 4 rings (SSSR count). The van der Waals surface area contributed by atoms with Crippen LogP contribution in [0.5, 0.6) is 17.2 Å². The van der Waals surface area contributed by atoms with Gasteiger partial charge in [0.05, 0.1) is 18.1 Å². The van der Waals surface area contributed by atoms with E-state index in [9.17, 15) is 9.59 Å². The van der Waals surface area contributed by atoms with Gasteiger partial charge in [-0.15, -0.1) is 0 Å². The highest BCUT2D eigenvalue weighted by Gasteiger charge is 2.35. The molecule has 0 aromatic heterocycles. The van der Waals surface area contributed by atoms with E-state index in [2.05, 4.69) is 0 Å². The number of fused-ring (bicyclic) bond motifs is 1. The zero-order chi connectivity index (χ0) is 19.7. The quantitative estimate of drug-likeness (QED) is 0.657. The van der Waals surface area contributed by atoms with Crippen LogP contribution in [0.15, 0.2) is 41.3 Å². The summed E-state index contributed by atoms with van der Waals surface area (Å²) < 4.78 is 16.1. The Labute approximate surface area is 171 Å². The Bertz CT molecular complexity index is 991. The number of halogens is 1. The SMILES string of the molecule is CCOc1cccc(/C=C2\SC(=O)N(Cc3cc4c(cc3Cl)OCO4)C2=O)c1. The van der Waals surface area contributed by atoms with Crippen LogP contribution in [0.1, 0.15) is 18.1 Å². The zero-order valence-corrected chi connectivity index (χ0v) is 16.5. The van der Waals surface area contributed by atoms with Gasteiger partial charge in [-0.2, -0.15) is 0 Å². The van der Waals surface area contributed by atoms with Gasteiger partial charge < -0.3 is 14.2 Å². The molecule has 2 heterocycles. The summed E-state index contributed by atoms with van der Waals surface area (Å²) in [5.41, 5.74) is 1.41. The van der Waals surface area contributed by atoms with E-state index in [1.807, 2.05) is 31.2 Å². The third kappa shape index (κ3) is 3.68. The summed E-state index contributed by atoms with van der Waals surface area (Å²) in [4.78, 5) is 26.7. The molecule has 1 saturated heterocycles. The van der Waals surface area contributed by atoms with Gasteiger partial charge in [-0.3, -0.25) is 14.5 Å². The fourth-order valence-corrected chi connectivity index (χ4v) is 3.95. The molecular weight excluding hydrogens is 402 g/mol. The Balaban J connectivity index is 1.55. The zero-order valence-electron chi connectivity index (χ0n) is 14.9. The Hall–Kier alpha value is -2.64. The highest BCUT2D eigenvalue weighted by Crippen LogP contribution is 2.39. The molecule has 2 amide bonds. The van der Waals surface area contributed by atoms with Gasteiger partial charge in [-0.1, -0.05) is 23.7 Å². The molecule has 2 aliphatic rings. The van der Waals surface area contributed by atoms with Crippen molar-refractivity contribution < 1.29 is 23.8 Å². The van der Waals surface area contributed by atoms with E-state index < -0.39 is 0 Å². The molecule has 0 spiro atoms. The molecule has 0 radical (unpaired) electrons. The van der Waals surface area contributed by atoms with Crippen molar-refractivity contribution in [1.29, 1.82) is 0 Å². The summed E-state index contributed by atoms with van der Waals surface area (Å²) in [6, 6.07) is 10.7. The minimum Gasteiger partial charge on any atom is -0.494 e. The average Bonchev–Trinajstić information content (AvgIpc) is 3.22. The monoisotopic (exact) mass is 417 g/mol. The molecule has 8 heteroatoms. The number of imide groups is 1. The number of nitrogens with zero attached hydrogens (tertiary/aromatic N) is 1. The lowest BCUT2D eigenvalue weighted by atomic mass is 10.1. The first-order valence-corrected chi connectivity index (χ1v) is 9.81. The Kier molecular flexibility index (Phi) is 5.19. The summed E-state index contributed by atoms with van der Waals surface area (Å²) in [6.07, 6.45) is 1.69. The van der Waals surface area contributed by atoms with Crippen molar-refractivity contribution in [2.45, 2.75) is 13.5 Å². The molecule has 0 N–H and O–H groups in total. The van der Waals surface area contributed by atoms with Crippen molar-refractivity contribution in [1.82, 2.24) is 4.90 Å². The number of hydrogen-bond acceptors (Lipinski definition) is 6. The van der Waals surface area contributed by atoms with Crippen LogP contribution >= 0.6 is 23.4 Å². The fourth-order valence-electron chi connectivity index (χ4n) is 2.90. The van der Waals surface area contributed by atoms with Crippen LogP contribution in [0, 0.1) is 0 Å². The lowest BCUT2D eigenvalue weighted by Crippen LogP contribution is -2.27. The third-order valence-electron chi connectivity index (χ3n) is 4.21. The summed E-state index contributed by atoms with van der Waals surface area (Å²) in [7, 11) is 0. The van der Waals surface area contributed by atoms with E-state index >= 15 is 0 Å². The first-order valence-electron chi connectivity index (χ1n) is 8.61. The van der Waals surface area contributed by atoms with E-state index in [-0.39, 0.29) is 24.5 Å². The maximum atomic E-state index is 12.8. The van der Waals surface area contributed by atoms with Crippen molar-refractivity contribution in [2.75, 3.05) is 13.4 Å². The highest BCUT2D eigenvalue weighted by atomic mass is 35.5. The van der Waals surface area contributed by atoms with Gasteiger partial charge in [0.15, 0.2) is 11.5 Å². The third-order valence-corrected chi connectivity index (χ3v) is 5.47. The standard InChI is InChI=1S/C20H16ClNO5S/c1-2-25-14-5-3-4-12(6-14)7-18-19(23)22(20(24)28-18)10-13-8-16-17(9-15(13)21)27-11-26-16/h3-9H,2,10-11H2,1H3/b18-7-. The molecule has 2 aliphatic heterocycles. The smallest absolute Gasteiger partial charge is 0.293 e. The molecule has 0 atom stereocenters. The Morgan fingerprint density at radius 1 is 1.21 bits per heavy atom. The molecule has 2 aromatic carbocycles. The number of carbonyl (C=O) groups excluding carboxylic acids is 2. The number of hydrogen-bond donors (Lipinski definition) is 0. The maximum absolute atomic E-state index is 12.8. The maximum Gasteiger partial charge on any atom is 0.293 e. The average molecular weight is 418 g/mol. The molecule has 28 heavy (non-hydrogen) atoms. The number of carbonyl (C=O) groups is 2. The molecule has 0 aliphatic carbocycles. The predicted molar refractivity (Wildman–Crippen MR) is 107 cm³/mol. The number of thioether (sulfide) groups is 1. The highest BCUT2D eigenvalue weighted by molar-refractivity contribution is 8.18. The molecule has 2 aromatic rings.